The highest BCUT2D eigenvalue weighted by Gasteiger charge is 2.37. The summed E-state index contributed by atoms with van der Waals surface area (Å²) in [6.45, 7) is 2.16. The highest BCUT2D eigenvalue weighted by Crippen LogP contribution is 2.27. The Morgan fingerprint density at radius 1 is 1.50 bits per heavy atom. The third-order valence-electron chi connectivity index (χ3n) is 3.20. The van der Waals surface area contributed by atoms with E-state index in [9.17, 15) is 17.6 Å². The Hall–Kier alpha value is -1.51. The minimum Gasteiger partial charge on any atom is -0.365 e. The number of ether oxygens (including phenoxy) is 1. The average molecular weight is 302 g/mol. The zero-order valence-electron chi connectivity index (χ0n) is 10.8. The van der Waals surface area contributed by atoms with Gasteiger partial charge in [0.15, 0.2) is 0 Å². The van der Waals surface area contributed by atoms with E-state index in [0.29, 0.717) is 13.0 Å². The SMILES string of the molecule is CC1(C(=O)Nc2ccc(S(N)(=O)=O)c(F)c2)CCCO1. The summed E-state index contributed by atoms with van der Waals surface area (Å²) in [6, 6.07) is 3.20. The molecule has 1 aliphatic heterocycles. The molecule has 20 heavy (non-hydrogen) atoms. The molecule has 6 nitrogen and oxygen atoms in total. The number of nitrogens with one attached hydrogen (secondary N) is 1. The minimum absolute atomic E-state index is 0.150. The summed E-state index contributed by atoms with van der Waals surface area (Å²) in [7, 11) is -4.12. The Bertz CT molecular complexity index is 639. The van der Waals surface area contributed by atoms with E-state index < -0.39 is 32.2 Å². The van der Waals surface area contributed by atoms with E-state index in [4.69, 9.17) is 9.88 Å². The number of sulfonamides is 1. The molecule has 1 aromatic rings. The zero-order chi connectivity index (χ0) is 15.0. The van der Waals surface area contributed by atoms with Crippen LogP contribution in [0.15, 0.2) is 23.1 Å². The molecule has 2 rings (SSSR count). The lowest BCUT2D eigenvalue weighted by Crippen LogP contribution is -2.39. The van der Waals surface area contributed by atoms with Crippen molar-refractivity contribution in [2.24, 2.45) is 5.14 Å². The Morgan fingerprint density at radius 3 is 2.70 bits per heavy atom. The summed E-state index contributed by atoms with van der Waals surface area (Å²) in [4.78, 5) is 11.4. The number of carbonyl (C=O) groups is 1. The Labute approximate surface area is 116 Å². The number of carbonyl (C=O) groups excluding carboxylic acids is 1. The van der Waals surface area contributed by atoms with Gasteiger partial charge in [-0.1, -0.05) is 0 Å². The van der Waals surface area contributed by atoms with Crippen molar-refractivity contribution >= 4 is 21.6 Å². The maximum atomic E-state index is 13.6. The number of hydrogen-bond donors (Lipinski definition) is 2. The number of primary sulfonamides is 1. The van der Waals surface area contributed by atoms with Crippen LogP contribution in [0.1, 0.15) is 19.8 Å². The van der Waals surface area contributed by atoms with Crippen LogP contribution in [0, 0.1) is 5.82 Å². The molecule has 8 heteroatoms. The van der Waals surface area contributed by atoms with E-state index in [1.807, 2.05) is 0 Å². The molecular weight excluding hydrogens is 287 g/mol. The number of amides is 1. The largest absolute Gasteiger partial charge is 0.365 e. The number of rotatable bonds is 3. The van der Waals surface area contributed by atoms with Crippen molar-refractivity contribution in [3.63, 3.8) is 0 Å². The van der Waals surface area contributed by atoms with Gasteiger partial charge in [0.1, 0.15) is 16.3 Å². The third-order valence-corrected chi connectivity index (χ3v) is 4.14. The smallest absolute Gasteiger partial charge is 0.256 e. The number of hydrogen-bond acceptors (Lipinski definition) is 4. The summed E-state index contributed by atoms with van der Waals surface area (Å²) in [6.07, 6.45) is 1.36. The predicted octanol–water partition coefficient (Wildman–Crippen LogP) is 0.981. The van der Waals surface area contributed by atoms with E-state index in [-0.39, 0.29) is 5.69 Å². The first-order valence-corrected chi connectivity index (χ1v) is 7.55. The summed E-state index contributed by atoms with van der Waals surface area (Å²) in [5.41, 5.74) is -0.786. The number of halogens is 1. The van der Waals surface area contributed by atoms with Gasteiger partial charge in [-0.15, -0.1) is 0 Å². The Kier molecular flexibility index (Phi) is 3.81. The van der Waals surface area contributed by atoms with Crippen LogP contribution in [0.25, 0.3) is 0 Å². The van der Waals surface area contributed by atoms with E-state index in [1.54, 1.807) is 6.92 Å². The van der Waals surface area contributed by atoms with Gasteiger partial charge >= 0.3 is 0 Å². The topological polar surface area (TPSA) is 98.5 Å². The van der Waals surface area contributed by atoms with Gasteiger partial charge in [0.25, 0.3) is 5.91 Å². The second kappa shape index (κ2) is 5.12. The number of anilines is 1. The maximum absolute atomic E-state index is 13.6. The molecular formula is C12H15FN2O4S. The van der Waals surface area contributed by atoms with E-state index in [0.717, 1.165) is 18.6 Å². The first-order chi connectivity index (χ1) is 9.22. The molecule has 1 fully saturated rings. The molecule has 0 saturated carbocycles. The molecule has 0 aromatic heterocycles. The molecule has 0 spiro atoms. The zero-order valence-corrected chi connectivity index (χ0v) is 11.7. The van der Waals surface area contributed by atoms with Gasteiger partial charge < -0.3 is 10.1 Å². The Balaban J connectivity index is 2.19. The molecule has 1 aliphatic rings. The lowest BCUT2D eigenvalue weighted by Gasteiger charge is -2.22. The van der Waals surface area contributed by atoms with Crippen LogP contribution < -0.4 is 10.5 Å². The van der Waals surface area contributed by atoms with Crippen molar-refractivity contribution in [2.75, 3.05) is 11.9 Å². The van der Waals surface area contributed by atoms with Crippen molar-refractivity contribution in [3.8, 4) is 0 Å². The van der Waals surface area contributed by atoms with Gasteiger partial charge in [-0.2, -0.15) is 0 Å². The van der Waals surface area contributed by atoms with E-state index >= 15 is 0 Å². The first-order valence-electron chi connectivity index (χ1n) is 6.00. The Morgan fingerprint density at radius 2 is 2.20 bits per heavy atom. The lowest BCUT2D eigenvalue weighted by atomic mass is 10.0. The van der Waals surface area contributed by atoms with Crippen molar-refractivity contribution in [1.29, 1.82) is 0 Å². The van der Waals surface area contributed by atoms with Crippen LogP contribution in [0.5, 0.6) is 0 Å². The third kappa shape index (κ3) is 2.97. The van der Waals surface area contributed by atoms with Crippen LogP contribution in [0.3, 0.4) is 0 Å². The monoisotopic (exact) mass is 302 g/mol. The lowest BCUT2D eigenvalue weighted by molar-refractivity contribution is -0.133. The fourth-order valence-electron chi connectivity index (χ4n) is 2.03. The highest BCUT2D eigenvalue weighted by atomic mass is 32.2. The summed E-state index contributed by atoms with van der Waals surface area (Å²) >= 11 is 0. The van der Waals surface area contributed by atoms with Crippen LogP contribution in [0.2, 0.25) is 0 Å². The first kappa shape index (κ1) is 14.9. The van der Waals surface area contributed by atoms with Crippen molar-refractivity contribution < 1.29 is 22.3 Å². The van der Waals surface area contributed by atoms with Gasteiger partial charge in [0.2, 0.25) is 10.0 Å². The van der Waals surface area contributed by atoms with Gasteiger partial charge in [-0.05, 0) is 38.0 Å². The van der Waals surface area contributed by atoms with Gasteiger partial charge in [-0.3, -0.25) is 4.79 Å². The van der Waals surface area contributed by atoms with Crippen LogP contribution in [0.4, 0.5) is 10.1 Å². The minimum atomic E-state index is -4.12. The molecule has 1 aromatic carbocycles. The molecule has 1 unspecified atom stereocenters. The van der Waals surface area contributed by atoms with Gasteiger partial charge in [-0.25, -0.2) is 17.9 Å². The number of benzene rings is 1. The maximum Gasteiger partial charge on any atom is 0.256 e. The van der Waals surface area contributed by atoms with Gasteiger partial charge in [0, 0.05) is 12.3 Å². The molecule has 110 valence electrons. The molecule has 0 aliphatic carbocycles. The summed E-state index contributed by atoms with van der Waals surface area (Å²) in [5, 5.41) is 7.36. The van der Waals surface area contributed by atoms with Crippen LogP contribution in [-0.4, -0.2) is 26.5 Å². The van der Waals surface area contributed by atoms with E-state index in [2.05, 4.69) is 5.32 Å². The van der Waals surface area contributed by atoms with Crippen molar-refractivity contribution in [2.45, 2.75) is 30.3 Å². The normalized spacial score (nSPS) is 22.8. The quantitative estimate of drug-likeness (QED) is 0.869. The van der Waals surface area contributed by atoms with Crippen molar-refractivity contribution in [3.05, 3.63) is 24.0 Å². The van der Waals surface area contributed by atoms with E-state index in [1.165, 1.54) is 6.07 Å². The fraction of sp³-hybridized carbons (Fsp3) is 0.417. The molecule has 1 saturated heterocycles. The standard InChI is InChI=1S/C12H15FN2O4S/c1-12(5-2-6-19-12)11(16)15-8-3-4-10(9(13)7-8)20(14,17)18/h3-4,7H,2,5-6H2,1H3,(H,15,16)(H2,14,17,18). The molecule has 1 heterocycles. The molecule has 0 bridgehead atoms. The summed E-state index contributed by atoms with van der Waals surface area (Å²) in [5.74, 6) is -1.40. The number of nitrogens with two attached hydrogens (primary N) is 1. The van der Waals surface area contributed by atoms with Crippen molar-refractivity contribution in [1.82, 2.24) is 0 Å². The molecule has 1 amide bonds. The molecule has 0 radical (unpaired) electrons. The van der Waals surface area contributed by atoms with Crippen LogP contribution in [-0.2, 0) is 19.6 Å². The average Bonchev–Trinajstić information content (AvgIpc) is 2.76. The second-order valence-electron chi connectivity index (χ2n) is 4.83. The molecule has 1 atom stereocenters. The summed E-state index contributed by atoms with van der Waals surface area (Å²) < 4.78 is 41.1. The highest BCUT2D eigenvalue weighted by molar-refractivity contribution is 7.89. The molecule has 3 N–H and O–H groups in total. The van der Waals surface area contributed by atoms with Crippen LogP contribution >= 0.6 is 0 Å². The van der Waals surface area contributed by atoms with Gasteiger partial charge in [0.05, 0.1) is 0 Å². The predicted molar refractivity (Wildman–Crippen MR) is 70.0 cm³/mol. The second-order valence-corrected chi connectivity index (χ2v) is 6.36. The fourth-order valence-corrected chi connectivity index (χ4v) is 2.62.